The van der Waals surface area contributed by atoms with Crippen LogP contribution in [0.15, 0.2) is 0 Å². The minimum absolute atomic E-state index is 0.0226. The zero-order valence-electron chi connectivity index (χ0n) is 15.0. The molecule has 7 heteroatoms. The van der Waals surface area contributed by atoms with Gasteiger partial charge in [0.15, 0.2) is 0 Å². The molecule has 4 bridgehead atoms. The van der Waals surface area contributed by atoms with Crippen LogP contribution in [0.4, 0.5) is 0 Å². The van der Waals surface area contributed by atoms with Gasteiger partial charge in [0.2, 0.25) is 17.7 Å². The fourth-order valence-corrected chi connectivity index (χ4v) is 6.05. The van der Waals surface area contributed by atoms with Gasteiger partial charge >= 0.3 is 0 Å². The van der Waals surface area contributed by atoms with Crippen molar-refractivity contribution in [1.29, 1.82) is 0 Å². The van der Waals surface area contributed by atoms with Crippen molar-refractivity contribution in [3.05, 3.63) is 0 Å². The largest absolute Gasteiger partial charge is 0.353 e. The summed E-state index contributed by atoms with van der Waals surface area (Å²) < 4.78 is 0. The Morgan fingerprint density at radius 2 is 2.04 bits per heavy atom. The van der Waals surface area contributed by atoms with Crippen LogP contribution < -0.4 is 5.32 Å². The van der Waals surface area contributed by atoms with Crippen molar-refractivity contribution in [2.75, 3.05) is 19.6 Å². The molecule has 0 aromatic heterocycles. The van der Waals surface area contributed by atoms with Gasteiger partial charge < -0.3 is 15.1 Å². The molecule has 6 fully saturated rings. The molecule has 26 heavy (non-hydrogen) atoms. The average molecular weight is 359 g/mol. The van der Waals surface area contributed by atoms with Crippen LogP contribution in [0.1, 0.15) is 32.6 Å². The molecule has 6 rings (SSSR count). The lowest BCUT2D eigenvalue weighted by Crippen LogP contribution is -2.57. The summed E-state index contributed by atoms with van der Waals surface area (Å²) in [4.78, 5) is 52.7. The van der Waals surface area contributed by atoms with Crippen molar-refractivity contribution in [3.63, 3.8) is 0 Å². The number of piperazine rings is 1. The van der Waals surface area contributed by atoms with Crippen LogP contribution >= 0.6 is 0 Å². The number of nitrogens with one attached hydrogen (secondary N) is 1. The van der Waals surface area contributed by atoms with E-state index in [2.05, 4.69) is 5.32 Å². The van der Waals surface area contributed by atoms with Gasteiger partial charge in [0.1, 0.15) is 5.78 Å². The number of nitrogens with zero attached hydrogens (tertiary/aromatic N) is 2. The van der Waals surface area contributed by atoms with Crippen molar-refractivity contribution in [2.45, 2.75) is 44.7 Å². The zero-order chi connectivity index (χ0) is 18.2. The average Bonchev–Trinajstić information content (AvgIpc) is 2.95. The first-order valence-corrected chi connectivity index (χ1v) is 9.87. The third kappa shape index (κ3) is 2.25. The van der Waals surface area contributed by atoms with Crippen LogP contribution in [-0.4, -0.2) is 65.0 Å². The molecule has 0 spiro atoms. The maximum absolute atomic E-state index is 13.0. The Bertz CT molecular complexity index is 707. The fourth-order valence-electron chi connectivity index (χ4n) is 6.05. The topological polar surface area (TPSA) is 86.8 Å². The molecule has 0 aromatic rings. The normalized spacial score (nSPS) is 43.0. The van der Waals surface area contributed by atoms with Crippen LogP contribution in [0, 0.1) is 29.6 Å². The summed E-state index contributed by atoms with van der Waals surface area (Å²) in [7, 11) is 0. The number of Topliss-reactive ketones (excluding diaryl/α,β-unsaturated/α-hetero) is 1. The number of hydrogen-bond donors (Lipinski definition) is 1. The van der Waals surface area contributed by atoms with Gasteiger partial charge in [0.05, 0.1) is 5.92 Å². The van der Waals surface area contributed by atoms with E-state index in [1.165, 1.54) is 0 Å². The predicted molar refractivity (Wildman–Crippen MR) is 90.6 cm³/mol. The van der Waals surface area contributed by atoms with E-state index >= 15 is 0 Å². The van der Waals surface area contributed by atoms with Gasteiger partial charge in [-0.05, 0) is 31.6 Å². The molecule has 7 nitrogen and oxygen atoms in total. The molecule has 6 aliphatic rings. The van der Waals surface area contributed by atoms with Gasteiger partial charge in [-0.15, -0.1) is 0 Å². The Kier molecular flexibility index (Phi) is 3.46. The quantitative estimate of drug-likeness (QED) is 0.756. The van der Waals surface area contributed by atoms with E-state index in [0.717, 1.165) is 12.8 Å². The number of carbonyl (C=O) groups is 4. The molecule has 3 amide bonds. The number of rotatable bonds is 3. The van der Waals surface area contributed by atoms with E-state index in [-0.39, 0.29) is 47.6 Å². The molecule has 140 valence electrons. The van der Waals surface area contributed by atoms with Crippen LogP contribution in [-0.2, 0) is 19.2 Å². The van der Waals surface area contributed by atoms with Crippen molar-refractivity contribution in [2.24, 2.45) is 29.6 Å². The zero-order valence-corrected chi connectivity index (χ0v) is 15.0. The van der Waals surface area contributed by atoms with E-state index < -0.39 is 0 Å². The minimum atomic E-state index is -0.0871. The maximum Gasteiger partial charge on any atom is 0.227 e. The summed E-state index contributed by atoms with van der Waals surface area (Å²) in [6, 6.07) is -0.0726. The lowest BCUT2D eigenvalue weighted by atomic mass is 9.95. The molecule has 6 unspecified atom stereocenters. The van der Waals surface area contributed by atoms with Gasteiger partial charge in [0, 0.05) is 56.4 Å². The van der Waals surface area contributed by atoms with Gasteiger partial charge in [-0.2, -0.15) is 0 Å². The Balaban J connectivity index is 1.18. The maximum atomic E-state index is 13.0. The highest BCUT2D eigenvalue weighted by atomic mass is 16.2. The molecular weight excluding hydrogens is 334 g/mol. The first-order valence-electron chi connectivity index (χ1n) is 9.87. The number of ketones is 1. The molecule has 2 saturated heterocycles. The Labute approximate surface area is 152 Å². The molecule has 1 N–H and O–H groups in total. The first-order chi connectivity index (χ1) is 12.5. The predicted octanol–water partition coefficient (Wildman–Crippen LogP) is -0.205. The van der Waals surface area contributed by atoms with Crippen molar-refractivity contribution in [3.8, 4) is 0 Å². The lowest BCUT2D eigenvalue weighted by molar-refractivity contribution is -0.147. The summed E-state index contributed by atoms with van der Waals surface area (Å²) in [5.74, 6) is 1.42. The monoisotopic (exact) mass is 359 g/mol. The van der Waals surface area contributed by atoms with Gasteiger partial charge in [0.25, 0.3) is 0 Å². The molecule has 4 saturated carbocycles. The van der Waals surface area contributed by atoms with E-state index in [9.17, 15) is 19.2 Å². The van der Waals surface area contributed by atoms with Crippen LogP contribution in [0.25, 0.3) is 0 Å². The summed E-state index contributed by atoms with van der Waals surface area (Å²) in [5, 5.41) is 2.84. The van der Waals surface area contributed by atoms with E-state index in [1.54, 1.807) is 0 Å². The van der Waals surface area contributed by atoms with Crippen molar-refractivity contribution in [1.82, 2.24) is 15.1 Å². The van der Waals surface area contributed by atoms with E-state index in [0.29, 0.717) is 50.1 Å². The fraction of sp³-hybridized carbons (Fsp3) is 0.789. The molecule has 4 aliphatic carbocycles. The summed E-state index contributed by atoms with van der Waals surface area (Å²) in [6.45, 7) is 3.61. The van der Waals surface area contributed by atoms with Crippen LogP contribution in [0.5, 0.6) is 0 Å². The molecule has 0 aromatic carbocycles. The minimum Gasteiger partial charge on any atom is -0.353 e. The highest BCUT2D eigenvalue weighted by Crippen LogP contribution is 2.71. The van der Waals surface area contributed by atoms with Crippen LogP contribution in [0.3, 0.4) is 0 Å². The second-order valence-electron chi connectivity index (χ2n) is 8.76. The number of carbonyl (C=O) groups excluding carboxylic acids is 4. The van der Waals surface area contributed by atoms with Crippen molar-refractivity contribution >= 4 is 23.5 Å². The smallest absolute Gasteiger partial charge is 0.227 e. The second kappa shape index (κ2) is 5.54. The highest BCUT2D eigenvalue weighted by Gasteiger charge is 2.75. The Morgan fingerprint density at radius 3 is 2.58 bits per heavy atom. The number of amides is 3. The Hall–Kier alpha value is -1.92. The van der Waals surface area contributed by atoms with Gasteiger partial charge in [-0.1, -0.05) is 0 Å². The summed E-state index contributed by atoms with van der Waals surface area (Å²) >= 11 is 0. The number of hydrogen-bond acceptors (Lipinski definition) is 4. The van der Waals surface area contributed by atoms with Gasteiger partial charge in [-0.3, -0.25) is 19.2 Å². The standard InChI is InChI=1S/C19H25N3O4/c1-9-8-21(14(24)6-10-2-3-13(23)20-10)4-5-22(9)19(26)17-12-7-11-15(17)16(11)18(12)25/h9-12,15-17H,2-8H2,1H3,(H,20,23)/t9-,10?,11?,12?,15?,16?,17?/m0/s1. The second-order valence-corrected chi connectivity index (χ2v) is 8.76. The summed E-state index contributed by atoms with van der Waals surface area (Å²) in [6.07, 6.45) is 2.49. The molecule has 2 aliphatic heterocycles. The first kappa shape index (κ1) is 16.3. The van der Waals surface area contributed by atoms with Crippen molar-refractivity contribution < 1.29 is 19.2 Å². The van der Waals surface area contributed by atoms with Gasteiger partial charge in [-0.25, -0.2) is 0 Å². The lowest BCUT2D eigenvalue weighted by Gasteiger charge is -2.41. The van der Waals surface area contributed by atoms with E-state index in [1.807, 2.05) is 16.7 Å². The summed E-state index contributed by atoms with van der Waals surface area (Å²) in [5.41, 5.74) is 0. The third-order valence-corrected chi connectivity index (χ3v) is 7.35. The molecule has 2 heterocycles. The van der Waals surface area contributed by atoms with Crippen LogP contribution in [0.2, 0.25) is 0 Å². The third-order valence-electron chi connectivity index (χ3n) is 7.35. The molecule has 7 atom stereocenters. The molecular formula is C19H25N3O4. The Morgan fingerprint density at radius 1 is 1.23 bits per heavy atom. The highest BCUT2D eigenvalue weighted by molar-refractivity contribution is 6.00. The SMILES string of the molecule is C[C@H]1CN(C(=O)CC2CCC(=O)N2)CCN1C(=O)C1C2CC3C(C2=O)C31. The molecule has 0 radical (unpaired) electrons. The van der Waals surface area contributed by atoms with E-state index in [4.69, 9.17) is 0 Å².